The number of carbonyl (C=O) groups is 1. The summed E-state index contributed by atoms with van der Waals surface area (Å²) in [7, 11) is 0. The summed E-state index contributed by atoms with van der Waals surface area (Å²) >= 11 is 0. The summed E-state index contributed by atoms with van der Waals surface area (Å²) in [6.07, 6.45) is 1.61. The first-order chi connectivity index (χ1) is 11.3. The average Bonchev–Trinajstić information content (AvgIpc) is 3.05. The van der Waals surface area contributed by atoms with E-state index in [1.165, 1.54) is 0 Å². The van der Waals surface area contributed by atoms with E-state index in [4.69, 9.17) is 5.90 Å². The maximum Gasteiger partial charge on any atom is 0.356 e. The van der Waals surface area contributed by atoms with Crippen LogP contribution in [0, 0.1) is 0 Å². The number of hydrogen-bond donors (Lipinski definition) is 1. The molecule has 4 rings (SSSR count). The van der Waals surface area contributed by atoms with E-state index in [2.05, 4.69) is 20.0 Å². The molecule has 0 spiro atoms. The molecule has 0 radical (unpaired) electrons. The van der Waals surface area contributed by atoms with E-state index in [-0.39, 0.29) is 0 Å². The molecule has 0 fully saturated rings. The summed E-state index contributed by atoms with van der Waals surface area (Å²) in [4.78, 5) is 20.1. The van der Waals surface area contributed by atoms with Gasteiger partial charge in [-0.1, -0.05) is 30.3 Å². The molecule has 0 saturated carbocycles. The van der Waals surface area contributed by atoms with Crippen LogP contribution in [0.4, 0.5) is 0 Å². The minimum atomic E-state index is -0.610. The van der Waals surface area contributed by atoms with Crippen molar-refractivity contribution in [2.45, 2.75) is 0 Å². The Hall–Kier alpha value is -3.32. The molecule has 2 heterocycles. The summed E-state index contributed by atoms with van der Waals surface area (Å²) in [5.74, 6) is 5.03. The number of nitrogens with zero attached hydrogens (tertiary/aromatic N) is 4. The van der Waals surface area contributed by atoms with E-state index in [0.29, 0.717) is 22.6 Å². The van der Waals surface area contributed by atoms with Gasteiger partial charge in [0.2, 0.25) is 0 Å². The Labute approximate surface area is 130 Å². The van der Waals surface area contributed by atoms with Crippen molar-refractivity contribution in [2.75, 3.05) is 0 Å². The summed E-state index contributed by atoms with van der Waals surface area (Å²) in [5.41, 5.74) is 3.32. The van der Waals surface area contributed by atoms with Crippen LogP contribution in [0.1, 0.15) is 10.4 Å². The molecule has 0 amide bonds. The molecule has 4 aromatic rings. The monoisotopic (exact) mass is 305 g/mol. The SMILES string of the molecule is NOC(=O)c1ccc2c(c1)ncc1nnc(-c3ccccc3)n12. The number of rotatable bonds is 2. The van der Waals surface area contributed by atoms with Gasteiger partial charge in [0.1, 0.15) is 0 Å². The smallest absolute Gasteiger partial charge is 0.356 e. The molecule has 2 aromatic heterocycles. The average molecular weight is 305 g/mol. The van der Waals surface area contributed by atoms with Crippen molar-refractivity contribution in [3.05, 3.63) is 60.3 Å². The highest BCUT2D eigenvalue weighted by Gasteiger charge is 2.13. The van der Waals surface area contributed by atoms with Crippen LogP contribution in [-0.2, 0) is 4.84 Å². The lowest BCUT2D eigenvalue weighted by molar-refractivity contribution is 0.0503. The molecule has 2 aromatic carbocycles. The van der Waals surface area contributed by atoms with Crippen LogP contribution in [-0.4, -0.2) is 25.6 Å². The van der Waals surface area contributed by atoms with E-state index in [9.17, 15) is 4.79 Å². The van der Waals surface area contributed by atoms with Gasteiger partial charge in [0.05, 0.1) is 22.8 Å². The molecule has 0 aliphatic heterocycles. The molecule has 2 N–H and O–H groups in total. The highest BCUT2D eigenvalue weighted by molar-refractivity contribution is 5.94. The van der Waals surface area contributed by atoms with Crippen LogP contribution < -0.4 is 5.90 Å². The molecular weight excluding hydrogens is 294 g/mol. The zero-order chi connectivity index (χ0) is 15.8. The fourth-order valence-electron chi connectivity index (χ4n) is 2.53. The third-order valence-corrected chi connectivity index (χ3v) is 3.60. The van der Waals surface area contributed by atoms with E-state index in [0.717, 1.165) is 11.1 Å². The highest BCUT2D eigenvalue weighted by atomic mass is 16.7. The maximum atomic E-state index is 11.6. The van der Waals surface area contributed by atoms with Crippen LogP contribution in [0.15, 0.2) is 54.7 Å². The fourth-order valence-corrected chi connectivity index (χ4v) is 2.53. The standard InChI is InChI=1S/C16H11N5O2/c17-23-16(22)11-6-7-13-12(8-11)18-9-14-19-20-15(21(13)14)10-4-2-1-3-5-10/h1-9H,17H2. The van der Waals surface area contributed by atoms with E-state index in [1.807, 2.05) is 34.7 Å². The van der Waals surface area contributed by atoms with Crippen molar-refractivity contribution in [3.63, 3.8) is 0 Å². The molecule has 7 nitrogen and oxygen atoms in total. The lowest BCUT2D eigenvalue weighted by Gasteiger charge is -2.06. The van der Waals surface area contributed by atoms with Crippen molar-refractivity contribution in [3.8, 4) is 11.4 Å². The maximum absolute atomic E-state index is 11.6. The van der Waals surface area contributed by atoms with Crippen molar-refractivity contribution >= 4 is 22.6 Å². The van der Waals surface area contributed by atoms with Crippen LogP contribution in [0.3, 0.4) is 0 Å². The molecule has 0 aliphatic rings. The molecule has 0 saturated heterocycles. The summed E-state index contributed by atoms with van der Waals surface area (Å²) in [6, 6.07) is 14.8. The zero-order valence-corrected chi connectivity index (χ0v) is 11.9. The van der Waals surface area contributed by atoms with Crippen LogP contribution in [0.25, 0.3) is 28.1 Å². The lowest BCUT2D eigenvalue weighted by atomic mass is 10.2. The van der Waals surface area contributed by atoms with Gasteiger partial charge < -0.3 is 4.84 Å². The number of benzene rings is 2. The van der Waals surface area contributed by atoms with Gasteiger partial charge in [-0.15, -0.1) is 10.2 Å². The second-order valence-electron chi connectivity index (χ2n) is 4.95. The Morgan fingerprint density at radius 2 is 1.91 bits per heavy atom. The van der Waals surface area contributed by atoms with Gasteiger partial charge in [0.15, 0.2) is 11.5 Å². The van der Waals surface area contributed by atoms with Gasteiger partial charge in [0, 0.05) is 5.56 Å². The predicted octanol–water partition coefficient (Wildman–Crippen LogP) is 1.97. The highest BCUT2D eigenvalue weighted by Crippen LogP contribution is 2.23. The molecule has 7 heteroatoms. The first-order valence-corrected chi connectivity index (χ1v) is 6.88. The van der Waals surface area contributed by atoms with Crippen LogP contribution >= 0.6 is 0 Å². The second-order valence-corrected chi connectivity index (χ2v) is 4.95. The summed E-state index contributed by atoms with van der Waals surface area (Å²) < 4.78 is 1.90. The Bertz CT molecular complexity index is 1030. The number of aromatic nitrogens is 4. The van der Waals surface area contributed by atoms with Crippen LogP contribution in [0.5, 0.6) is 0 Å². The quantitative estimate of drug-likeness (QED) is 0.569. The third-order valence-electron chi connectivity index (χ3n) is 3.60. The largest absolute Gasteiger partial charge is 0.370 e. The number of hydrogen-bond acceptors (Lipinski definition) is 6. The molecule has 112 valence electrons. The Kier molecular flexibility index (Phi) is 2.99. The molecule has 23 heavy (non-hydrogen) atoms. The molecule has 0 aliphatic carbocycles. The number of carbonyl (C=O) groups excluding carboxylic acids is 1. The van der Waals surface area contributed by atoms with Crippen molar-refractivity contribution in [2.24, 2.45) is 5.90 Å². The first-order valence-electron chi connectivity index (χ1n) is 6.88. The predicted molar refractivity (Wildman–Crippen MR) is 83.3 cm³/mol. The van der Waals surface area contributed by atoms with Crippen molar-refractivity contribution < 1.29 is 9.63 Å². The van der Waals surface area contributed by atoms with Gasteiger partial charge in [-0.25, -0.2) is 4.79 Å². The van der Waals surface area contributed by atoms with Crippen molar-refractivity contribution in [1.29, 1.82) is 0 Å². The van der Waals surface area contributed by atoms with Gasteiger partial charge >= 0.3 is 5.97 Å². The minimum Gasteiger partial charge on any atom is -0.370 e. The Morgan fingerprint density at radius 3 is 2.70 bits per heavy atom. The Balaban J connectivity index is 2.01. The molecule has 0 bridgehead atoms. The van der Waals surface area contributed by atoms with Gasteiger partial charge in [-0.05, 0) is 18.2 Å². The normalized spacial score (nSPS) is 11.0. The van der Waals surface area contributed by atoms with Gasteiger partial charge in [-0.2, -0.15) is 5.90 Å². The third kappa shape index (κ3) is 2.11. The molecule has 0 unspecified atom stereocenters. The van der Waals surface area contributed by atoms with Gasteiger partial charge in [0.25, 0.3) is 0 Å². The first kappa shape index (κ1) is 13.4. The minimum absolute atomic E-state index is 0.334. The van der Waals surface area contributed by atoms with Gasteiger partial charge in [-0.3, -0.25) is 9.38 Å². The number of nitrogens with two attached hydrogens (primary N) is 1. The molecular formula is C16H11N5O2. The zero-order valence-electron chi connectivity index (χ0n) is 11.9. The van der Waals surface area contributed by atoms with Crippen LogP contribution in [0.2, 0.25) is 0 Å². The van der Waals surface area contributed by atoms with E-state index >= 15 is 0 Å². The topological polar surface area (TPSA) is 95.4 Å². The second kappa shape index (κ2) is 5.15. The number of fused-ring (bicyclic) bond motifs is 3. The van der Waals surface area contributed by atoms with Crippen molar-refractivity contribution in [1.82, 2.24) is 19.6 Å². The lowest BCUT2D eigenvalue weighted by Crippen LogP contribution is -2.10. The van der Waals surface area contributed by atoms with E-state index < -0.39 is 5.97 Å². The summed E-state index contributed by atoms with van der Waals surface area (Å²) in [6.45, 7) is 0. The Morgan fingerprint density at radius 1 is 1.09 bits per heavy atom. The fraction of sp³-hybridized carbons (Fsp3) is 0. The molecule has 0 atom stereocenters. The van der Waals surface area contributed by atoms with E-state index in [1.54, 1.807) is 24.4 Å². The summed E-state index contributed by atoms with van der Waals surface area (Å²) in [5, 5.41) is 8.41.